The SMILES string of the molecule is O=C(NCCc1ccccc1)[C@H]1Cc2cc([N+](=O)[O-])ccc2N2CCN(c3ccc(Cl)cc3)C[C@H]12. The summed E-state index contributed by atoms with van der Waals surface area (Å²) in [5.41, 5.74) is 4.16. The van der Waals surface area contributed by atoms with E-state index in [1.165, 1.54) is 5.56 Å². The Hall–Kier alpha value is -3.58. The van der Waals surface area contributed by atoms with E-state index in [0.29, 0.717) is 24.5 Å². The zero-order chi connectivity index (χ0) is 24.4. The van der Waals surface area contributed by atoms with Crippen LogP contribution in [0.1, 0.15) is 11.1 Å². The first-order valence-corrected chi connectivity index (χ1v) is 12.2. The summed E-state index contributed by atoms with van der Waals surface area (Å²) in [5.74, 6) is -0.318. The predicted octanol–water partition coefficient (Wildman–Crippen LogP) is 4.47. The Morgan fingerprint density at radius 2 is 1.83 bits per heavy atom. The van der Waals surface area contributed by atoms with Gasteiger partial charge < -0.3 is 15.1 Å². The molecule has 0 aromatic heterocycles. The highest BCUT2D eigenvalue weighted by Gasteiger charge is 2.42. The van der Waals surface area contributed by atoms with E-state index in [4.69, 9.17) is 11.6 Å². The minimum absolute atomic E-state index is 0.00829. The topological polar surface area (TPSA) is 78.7 Å². The fourth-order valence-corrected chi connectivity index (χ4v) is 5.34. The Labute approximate surface area is 209 Å². The van der Waals surface area contributed by atoms with Crippen molar-refractivity contribution >= 4 is 34.6 Å². The van der Waals surface area contributed by atoms with E-state index >= 15 is 0 Å². The molecule has 35 heavy (non-hydrogen) atoms. The lowest BCUT2D eigenvalue weighted by molar-refractivity contribution is -0.384. The van der Waals surface area contributed by atoms with Gasteiger partial charge in [-0.3, -0.25) is 14.9 Å². The number of nitro groups is 1. The molecule has 0 unspecified atom stereocenters. The maximum atomic E-state index is 13.5. The molecule has 2 atom stereocenters. The first kappa shape index (κ1) is 23.2. The van der Waals surface area contributed by atoms with Crippen LogP contribution >= 0.6 is 11.6 Å². The van der Waals surface area contributed by atoms with Gasteiger partial charge >= 0.3 is 0 Å². The van der Waals surface area contributed by atoms with Crippen molar-refractivity contribution in [3.63, 3.8) is 0 Å². The van der Waals surface area contributed by atoms with Crippen molar-refractivity contribution in [3.05, 3.63) is 99.1 Å². The van der Waals surface area contributed by atoms with Crippen LogP contribution in [0, 0.1) is 16.0 Å². The highest BCUT2D eigenvalue weighted by Crippen LogP contribution is 2.38. The smallest absolute Gasteiger partial charge is 0.269 e. The highest BCUT2D eigenvalue weighted by atomic mass is 35.5. The fraction of sp³-hybridized carbons (Fsp3) is 0.296. The second kappa shape index (κ2) is 9.96. The molecular weight excluding hydrogens is 464 g/mol. The molecule has 7 nitrogen and oxygen atoms in total. The maximum absolute atomic E-state index is 13.5. The number of hydrogen-bond acceptors (Lipinski definition) is 5. The van der Waals surface area contributed by atoms with Crippen molar-refractivity contribution in [2.45, 2.75) is 18.9 Å². The fourth-order valence-electron chi connectivity index (χ4n) is 5.22. The molecule has 1 saturated heterocycles. The van der Waals surface area contributed by atoms with Gasteiger partial charge in [0.2, 0.25) is 5.91 Å². The third-order valence-electron chi connectivity index (χ3n) is 6.99. The molecule has 0 spiro atoms. The Morgan fingerprint density at radius 1 is 1.06 bits per heavy atom. The van der Waals surface area contributed by atoms with E-state index in [9.17, 15) is 14.9 Å². The minimum atomic E-state index is -0.375. The summed E-state index contributed by atoms with van der Waals surface area (Å²) in [7, 11) is 0. The number of benzene rings is 3. The Bertz CT molecular complexity index is 1220. The number of piperazine rings is 1. The van der Waals surface area contributed by atoms with Crippen LogP contribution in [0.25, 0.3) is 0 Å². The third-order valence-corrected chi connectivity index (χ3v) is 7.24. The van der Waals surface area contributed by atoms with Gasteiger partial charge in [-0.2, -0.15) is 0 Å². The van der Waals surface area contributed by atoms with E-state index in [1.54, 1.807) is 12.1 Å². The van der Waals surface area contributed by atoms with Crippen molar-refractivity contribution in [3.8, 4) is 0 Å². The molecule has 2 aliphatic heterocycles. The zero-order valence-corrected chi connectivity index (χ0v) is 20.0. The van der Waals surface area contributed by atoms with E-state index in [1.807, 2.05) is 48.5 Å². The molecule has 0 bridgehead atoms. The number of non-ortho nitro benzene ring substituents is 1. The Kier molecular flexibility index (Phi) is 6.59. The first-order chi connectivity index (χ1) is 17.0. The summed E-state index contributed by atoms with van der Waals surface area (Å²) in [6.45, 7) is 2.76. The van der Waals surface area contributed by atoms with Gasteiger partial charge in [-0.1, -0.05) is 41.9 Å². The molecule has 0 radical (unpaired) electrons. The van der Waals surface area contributed by atoms with Crippen LogP contribution in [0.3, 0.4) is 0 Å². The second-order valence-electron chi connectivity index (χ2n) is 9.09. The van der Waals surface area contributed by atoms with Gasteiger partial charge in [0, 0.05) is 54.7 Å². The molecule has 2 aliphatic rings. The molecule has 0 saturated carbocycles. The van der Waals surface area contributed by atoms with Gasteiger partial charge in [0.1, 0.15) is 0 Å². The zero-order valence-electron chi connectivity index (χ0n) is 19.3. The van der Waals surface area contributed by atoms with Gasteiger partial charge in [0.15, 0.2) is 0 Å². The molecular formula is C27H27ClN4O3. The molecule has 2 heterocycles. The van der Waals surface area contributed by atoms with Crippen LogP contribution in [0.15, 0.2) is 72.8 Å². The minimum Gasteiger partial charge on any atom is -0.368 e. The van der Waals surface area contributed by atoms with E-state index in [0.717, 1.165) is 36.4 Å². The first-order valence-electron chi connectivity index (χ1n) is 11.9. The number of nitrogens with zero attached hydrogens (tertiary/aromatic N) is 3. The summed E-state index contributed by atoms with van der Waals surface area (Å²) < 4.78 is 0. The number of nitro benzene ring substituents is 1. The number of amides is 1. The highest BCUT2D eigenvalue weighted by molar-refractivity contribution is 6.30. The van der Waals surface area contributed by atoms with E-state index in [-0.39, 0.29) is 28.5 Å². The van der Waals surface area contributed by atoms with Crippen LogP contribution < -0.4 is 15.1 Å². The molecule has 8 heteroatoms. The number of hydrogen-bond donors (Lipinski definition) is 1. The Morgan fingerprint density at radius 3 is 2.57 bits per heavy atom. The quantitative estimate of drug-likeness (QED) is 0.407. The van der Waals surface area contributed by atoms with Crippen LogP contribution in [0.2, 0.25) is 5.02 Å². The summed E-state index contributed by atoms with van der Waals surface area (Å²) in [4.78, 5) is 29.0. The largest absolute Gasteiger partial charge is 0.368 e. The van der Waals surface area contributed by atoms with Gasteiger partial charge in [0.05, 0.1) is 16.9 Å². The molecule has 1 N–H and O–H groups in total. The predicted molar refractivity (Wildman–Crippen MR) is 138 cm³/mol. The van der Waals surface area contributed by atoms with Crippen molar-refractivity contribution in [1.29, 1.82) is 0 Å². The molecule has 0 aliphatic carbocycles. The number of carbonyl (C=O) groups is 1. The van der Waals surface area contributed by atoms with Crippen LogP contribution in [-0.4, -0.2) is 43.1 Å². The monoisotopic (exact) mass is 490 g/mol. The summed E-state index contributed by atoms with van der Waals surface area (Å²) >= 11 is 6.08. The standard InChI is InChI=1S/C27H27ClN4O3/c28-21-6-8-22(9-7-21)30-14-15-31-25-11-10-23(32(34)35)16-20(25)17-24(26(31)18-30)27(33)29-13-12-19-4-2-1-3-5-19/h1-11,16,24,26H,12-15,17-18H2,(H,29,33)/t24-,26+/m0/s1. The molecule has 1 fully saturated rings. The number of fused-ring (bicyclic) bond motifs is 3. The lowest BCUT2D eigenvalue weighted by Crippen LogP contribution is -2.61. The third kappa shape index (κ3) is 4.95. The number of halogens is 1. The van der Waals surface area contributed by atoms with E-state index in [2.05, 4.69) is 27.2 Å². The number of nitrogens with one attached hydrogen (secondary N) is 1. The number of carbonyl (C=O) groups excluding carboxylic acids is 1. The maximum Gasteiger partial charge on any atom is 0.269 e. The molecule has 3 aromatic carbocycles. The van der Waals surface area contributed by atoms with Gasteiger partial charge in [-0.25, -0.2) is 0 Å². The average molecular weight is 491 g/mol. The van der Waals surface area contributed by atoms with E-state index < -0.39 is 0 Å². The summed E-state index contributed by atoms with van der Waals surface area (Å²) in [5, 5.41) is 15.2. The van der Waals surface area contributed by atoms with Crippen molar-refractivity contribution in [1.82, 2.24) is 5.32 Å². The van der Waals surface area contributed by atoms with Crippen molar-refractivity contribution < 1.29 is 9.72 Å². The van der Waals surface area contributed by atoms with Crippen LogP contribution in [-0.2, 0) is 17.6 Å². The normalized spacial score (nSPS) is 19.0. The molecule has 5 rings (SSSR count). The Balaban J connectivity index is 1.39. The number of rotatable bonds is 6. The summed E-state index contributed by atoms with van der Waals surface area (Å²) in [6, 6.07) is 22.8. The van der Waals surface area contributed by atoms with Crippen LogP contribution in [0.4, 0.5) is 17.1 Å². The molecule has 3 aromatic rings. The lowest BCUT2D eigenvalue weighted by atomic mass is 9.83. The van der Waals surface area contributed by atoms with Gasteiger partial charge in [0.25, 0.3) is 5.69 Å². The van der Waals surface area contributed by atoms with Gasteiger partial charge in [-0.15, -0.1) is 0 Å². The van der Waals surface area contributed by atoms with Crippen molar-refractivity contribution in [2.24, 2.45) is 5.92 Å². The van der Waals surface area contributed by atoms with Crippen LogP contribution in [0.5, 0.6) is 0 Å². The summed E-state index contributed by atoms with van der Waals surface area (Å²) in [6.07, 6.45) is 1.23. The second-order valence-corrected chi connectivity index (χ2v) is 9.53. The van der Waals surface area contributed by atoms with Crippen molar-refractivity contribution in [2.75, 3.05) is 36.0 Å². The average Bonchev–Trinajstić information content (AvgIpc) is 2.88. The lowest BCUT2D eigenvalue weighted by Gasteiger charge is -2.49. The molecule has 1 amide bonds. The van der Waals surface area contributed by atoms with Gasteiger partial charge in [-0.05, 0) is 54.3 Å². The number of anilines is 2. The molecule has 180 valence electrons.